The fourth-order valence-corrected chi connectivity index (χ4v) is 2.54. The van der Waals surface area contributed by atoms with Gasteiger partial charge in [0.15, 0.2) is 11.5 Å². The number of hydrogen-bond acceptors (Lipinski definition) is 6. The van der Waals surface area contributed by atoms with E-state index in [0.717, 1.165) is 5.69 Å². The van der Waals surface area contributed by atoms with Crippen LogP contribution in [0.5, 0.6) is 11.5 Å². The number of rotatable bonds is 5. The molecule has 1 aliphatic rings. The van der Waals surface area contributed by atoms with Gasteiger partial charge in [-0.25, -0.2) is 0 Å². The summed E-state index contributed by atoms with van der Waals surface area (Å²) in [5.74, 6) is -0.577. The third-order valence-corrected chi connectivity index (χ3v) is 4.09. The van der Waals surface area contributed by atoms with E-state index in [2.05, 4.69) is 10.6 Å². The van der Waals surface area contributed by atoms with Crippen molar-refractivity contribution in [3.05, 3.63) is 48.0 Å². The zero-order valence-electron chi connectivity index (χ0n) is 15.1. The predicted molar refractivity (Wildman–Crippen MR) is 99.9 cm³/mol. The molecule has 1 heterocycles. The van der Waals surface area contributed by atoms with E-state index in [9.17, 15) is 14.7 Å². The average molecular weight is 371 g/mol. The molecule has 0 radical (unpaired) electrons. The van der Waals surface area contributed by atoms with Crippen LogP contribution in [0.1, 0.15) is 11.7 Å². The standard InChI is InChI=1S/C19H21N3O5/c1-22(2)14-6-3-12(4-7-14)15(23)10-20-18(24)19(25)21-13-5-8-16-17(9-13)27-11-26-16/h3-9,15,23H,10-11H2,1-2H3,(H,20,24)(H,21,25). The third-order valence-electron chi connectivity index (χ3n) is 4.09. The van der Waals surface area contributed by atoms with Crippen molar-refractivity contribution in [1.82, 2.24) is 5.32 Å². The molecule has 0 fully saturated rings. The van der Waals surface area contributed by atoms with Crippen LogP contribution in [-0.2, 0) is 9.59 Å². The number of carbonyl (C=O) groups excluding carboxylic acids is 2. The topological polar surface area (TPSA) is 100 Å². The van der Waals surface area contributed by atoms with E-state index in [1.165, 1.54) is 0 Å². The maximum atomic E-state index is 12.0. The van der Waals surface area contributed by atoms with Gasteiger partial charge < -0.3 is 30.1 Å². The highest BCUT2D eigenvalue weighted by atomic mass is 16.7. The van der Waals surface area contributed by atoms with Crippen LogP contribution in [0.4, 0.5) is 11.4 Å². The van der Waals surface area contributed by atoms with Crippen LogP contribution < -0.4 is 25.0 Å². The second-order valence-electron chi connectivity index (χ2n) is 6.23. The molecule has 3 rings (SSSR count). The van der Waals surface area contributed by atoms with Gasteiger partial charge in [-0.05, 0) is 29.8 Å². The molecule has 27 heavy (non-hydrogen) atoms. The number of amides is 2. The molecule has 1 unspecified atom stereocenters. The normalized spacial score (nSPS) is 13.0. The second-order valence-corrected chi connectivity index (χ2v) is 6.23. The Morgan fingerprint density at radius 2 is 1.78 bits per heavy atom. The van der Waals surface area contributed by atoms with Crippen molar-refractivity contribution in [3.63, 3.8) is 0 Å². The molecule has 8 heteroatoms. The van der Waals surface area contributed by atoms with Crippen LogP contribution in [0.2, 0.25) is 0 Å². The zero-order chi connectivity index (χ0) is 19.4. The molecule has 1 aliphatic heterocycles. The lowest BCUT2D eigenvalue weighted by atomic mass is 10.1. The van der Waals surface area contributed by atoms with Gasteiger partial charge in [0.2, 0.25) is 6.79 Å². The van der Waals surface area contributed by atoms with Crippen molar-refractivity contribution in [2.75, 3.05) is 37.6 Å². The molecular formula is C19H21N3O5. The van der Waals surface area contributed by atoms with Crippen molar-refractivity contribution in [2.45, 2.75) is 6.10 Å². The molecule has 0 aliphatic carbocycles. The van der Waals surface area contributed by atoms with Crippen molar-refractivity contribution >= 4 is 23.2 Å². The van der Waals surface area contributed by atoms with E-state index in [-0.39, 0.29) is 13.3 Å². The van der Waals surface area contributed by atoms with Crippen LogP contribution in [0.25, 0.3) is 0 Å². The fourth-order valence-electron chi connectivity index (χ4n) is 2.54. The number of carbonyl (C=O) groups is 2. The first-order valence-corrected chi connectivity index (χ1v) is 8.38. The summed E-state index contributed by atoms with van der Waals surface area (Å²) in [5.41, 5.74) is 2.06. The lowest BCUT2D eigenvalue weighted by Gasteiger charge is -2.15. The maximum Gasteiger partial charge on any atom is 0.313 e. The summed E-state index contributed by atoms with van der Waals surface area (Å²) in [5, 5.41) is 15.1. The molecule has 2 aromatic rings. The van der Waals surface area contributed by atoms with Gasteiger partial charge in [0, 0.05) is 38.1 Å². The first-order valence-electron chi connectivity index (χ1n) is 8.38. The molecule has 142 valence electrons. The highest BCUT2D eigenvalue weighted by Gasteiger charge is 2.18. The summed E-state index contributed by atoms with van der Waals surface area (Å²) in [6, 6.07) is 12.1. The van der Waals surface area contributed by atoms with E-state index in [1.54, 1.807) is 30.3 Å². The minimum atomic E-state index is -0.913. The Labute approximate surface area is 156 Å². The van der Waals surface area contributed by atoms with Crippen LogP contribution in [-0.4, -0.2) is 44.4 Å². The SMILES string of the molecule is CN(C)c1ccc(C(O)CNC(=O)C(=O)Nc2ccc3c(c2)OCO3)cc1. The molecule has 2 aromatic carbocycles. The van der Waals surface area contributed by atoms with Gasteiger partial charge in [0.1, 0.15) is 0 Å². The number of anilines is 2. The fraction of sp³-hybridized carbons (Fsp3) is 0.263. The van der Waals surface area contributed by atoms with Gasteiger partial charge in [-0.2, -0.15) is 0 Å². The minimum Gasteiger partial charge on any atom is -0.454 e. The molecule has 0 bridgehead atoms. The number of nitrogens with one attached hydrogen (secondary N) is 2. The van der Waals surface area contributed by atoms with Crippen molar-refractivity contribution in [3.8, 4) is 11.5 Å². The number of nitrogens with zero attached hydrogens (tertiary/aromatic N) is 1. The van der Waals surface area contributed by atoms with Gasteiger partial charge >= 0.3 is 11.8 Å². The minimum absolute atomic E-state index is 0.0747. The van der Waals surface area contributed by atoms with Gasteiger partial charge in [-0.1, -0.05) is 12.1 Å². The molecule has 1 atom stereocenters. The maximum absolute atomic E-state index is 12.0. The number of aliphatic hydroxyl groups is 1. The first kappa shape index (κ1) is 18.5. The molecular weight excluding hydrogens is 350 g/mol. The molecule has 8 nitrogen and oxygen atoms in total. The van der Waals surface area contributed by atoms with Gasteiger partial charge in [0.25, 0.3) is 0 Å². The van der Waals surface area contributed by atoms with Gasteiger partial charge in [-0.15, -0.1) is 0 Å². The molecule has 0 saturated carbocycles. The quantitative estimate of drug-likeness (QED) is 0.685. The average Bonchev–Trinajstić information content (AvgIpc) is 3.13. The molecule has 2 amide bonds. The van der Waals surface area contributed by atoms with Crippen LogP contribution in [0.3, 0.4) is 0 Å². The summed E-state index contributed by atoms with van der Waals surface area (Å²) < 4.78 is 10.4. The number of benzene rings is 2. The monoisotopic (exact) mass is 371 g/mol. The molecule has 3 N–H and O–H groups in total. The number of ether oxygens (including phenoxy) is 2. The lowest BCUT2D eigenvalue weighted by molar-refractivity contribution is -0.136. The Kier molecular flexibility index (Phi) is 5.46. The van der Waals surface area contributed by atoms with Crippen molar-refractivity contribution in [1.29, 1.82) is 0 Å². The highest BCUT2D eigenvalue weighted by Crippen LogP contribution is 2.34. The van der Waals surface area contributed by atoms with E-state index < -0.39 is 17.9 Å². The van der Waals surface area contributed by atoms with Crippen molar-refractivity contribution < 1.29 is 24.2 Å². The Morgan fingerprint density at radius 3 is 2.48 bits per heavy atom. The summed E-state index contributed by atoms with van der Waals surface area (Å²) in [6.45, 7) is 0.0509. The van der Waals surface area contributed by atoms with E-state index >= 15 is 0 Å². The largest absolute Gasteiger partial charge is 0.454 e. The number of fused-ring (bicyclic) bond motifs is 1. The number of hydrogen-bond donors (Lipinski definition) is 3. The summed E-state index contributed by atoms with van der Waals surface area (Å²) in [6.07, 6.45) is -0.913. The Morgan fingerprint density at radius 1 is 1.07 bits per heavy atom. The van der Waals surface area contributed by atoms with Gasteiger partial charge in [-0.3, -0.25) is 9.59 Å². The second kappa shape index (κ2) is 7.96. The Balaban J connectivity index is 1.51. The molecule has 0 spiro atoms. The summed E-state index contributed by atoms with van der Waals surface area (Å²) >= 11 is 0. The van der Waals surface area contributed by atoms with E-state index in [1.807, 2.05) is 31.1 Å². The summed E-state index contributed by atoms with van der Waals surface area (Å²) in [4.78, 5) is 25.9. The lowest BCUT2D eigenvalue weighted by Crippen LogP contribution is -2.37. The number of aliphatic hydroxyl groups excluding tert-OH is 1. The molecule has 0 aromatic heterocycles. The van der Waals surface area contributed by atoms with Crippen LogP contribution >= 0.6 is 0 Å². The van der Waals surface area contributed by atoms with Crippen molar-refractivity contribution in [2.24, 2.45) is 0 Å². The summed E-state index contributed by atoms with van der Waals surface area (Å²) in [7, 11) is 3.84. The van der Waals surface area contributed by atoms with Crippen LogP contribution in [0, 0.1) is 0 Å². The third kappa shape index (κ3) is 4.48. The Hall–Kier alpha value is -3.26. The Bertz CT molecular complexity index is 836. The van der Waals surface area contributed by atoms with Crippen LogP contribution in [0.15, 0.2) is 42.5 Å². The van der Waals surface area contributed by atoms with E-state index in [4.69, 9.17) is 9.47 Å². The smallest absolute Gasteiger partial charge is 0.313 e. The van der Waals surface area contributed by atoms with Gasteiger partial charge in [0.05, 0.1) is 6.10 Å². The predicted octanol–water partition coefficient (Wildman–Crippen LogP) is 1.27. The van der Waals surface area contributed by atoms with E-state index in [0.29, 0.717) is 22.7 Å². The first-order chi connectivity index (χ1) is 12.9. The zero-order valence-corrected chi connectivity index (χ0v) is 15.1. The molecule has 0 saturated heterocycles. The highest BCUT2D eigenvalue weighted by molar-refractivity contribution is 6.39.